The molecule has 0 N–H and O–H groups in total. The van der Waals surface area contributed by atoms with E-state index < -0.39 is 14.4 Å². The third-order valence-corrected chi connectivity index (χ3v) is 11.3. The standard InChI is InChI=1S/C26H36N2O5Si/c1-26(2,3)34(4,5)33-23-9-6-20-19-28(25(29)32-24(20)18-23)21-7-10-22(11-8-21)31-17-14-27-12-15-30-16-13-27/h6-11,18H,12-17,19H2,1-5H3. The normalized spacial score (nSPS) is 17.2. The number of benzene rings is 2. The van der Waals surface area contributed by atoms with Crippen LogP contribution in [0.3, 0.4) is 0 Å². The maximum atomic E-state index is 12.8. The Balaban J connectivity index is 1.37. The Morgan fingerprint density at radius 1 is 1.00 bits per heavy atom. The molecular weight excluding hydrogens is 448 g/mol. The first kappa shape index (κ1) is 24.6. The minimum absolute atomic E-state index is 0.0920. The molecule has 0 aromatic heterocycles. The van der Waals surface area contributed by atoms with Crippen LogP contribution in [0.4, 0.5) is 10.5 Å². The van der Waals surface area contributed by atoms with Crippen LogP contribution in [0.1, 0.15) is 26.3 Å². The number of morpholine rings is 1. The zero-order chi connectivity index (χ0) is 24.3. The van der Waals surface area contributed by atoms with Crippen LogP contribution in [-0.4, -0.2) is 58.8 Å². The minimum atomic E-state index is -1.97. The first-order valence-electron chi connectivity index (χ1n) is 12.0. The second-order valence-electron chi connectivity index (χ2n) is 10.4. The van der Waals surface area contributed by atoms with E-state index in [4.69, 9.17) is 18.6 Å². The molecule has 0 aliphatic carbocycles. The molecule has 2 aromatic rings. The topological polar surface area (TPSA) is 60.5 Å². The predicted octanol–water partition coefficient (Wildman–Crippen LogP) is 5.30. The molecule has 0 atom stereocenters. The van der Waals surface area contributed by atoms with Crippen LogP contribution in [0.5, 0.6) is 17.2 Å². The summed E-state index contributed by atoms with van der Waals surface area (Å²) < 4.78 is 23.3. The van der Waals surface area contributed by atoms with Gasteiger partial charge in [-0.05, 0) is 54.5 Å². The van der Waals surface area contributed by atoms with Gasteiger partial charge in [0.2, 0.25) is 8.32 Å². The van der Waals surface area contributed by atoms with Crippen molar-refractivity contribution in [3.63, 3.8) is 0 Å². The summed E-state index contributed by atoms with van der Waals surface area (Å²) in [6.07, 6.45) is -0.391. The van der Waals surface area contributed by atoms with Gasteiger partial charge in [-0.2, -0.15) is 0 Å². The summed E-state index contributed by atoms with van der Waals surface area (Å²) in [5, 5.41) is 0.0920. The van der Waals surface area contributed by atoms with Gasteiger partial charge in [0.15, 0.2) is 0 Å². The van der Waals surface area contributed by atoms with Gasteiger partial charge in [-0.1, -0.05) is 20.8 Å². The molecule has 1 fully saturated rings. The number of amides is 1. The summed E-state index contributed by atoms with van der Waals surface area (Å²) in [5.74, 6) is 2.11. The molecule has 1 saturated heterocycles. The second-order valence-corrected chi connectivity index (χ2v) is 15.1. The Kier molecular flexibility index (Phi) is 7.21. The van der Waals surface area contributed by atoms with Crippen molar-refractivity contribution in [2.24, 2.45) is 0 Å². The van der Waals surface area contributed by atoms with Crippen molar-refractivity contribution in [1.82, 2.24) is 4.90 Å². The van der Waals surface area contributed by atoms with Crippen molar-refractivity contribution in [2.45, 2.75) is 45.4 Å². The first-order valence-corrected chi connectivity index (χ1v) is 14.9. The largest absolute Gasteiger partial charge is 0.543 e. The first-order chi connectivity index (χ1) is 16.1. The predicted molar refractivity (Wildman–Crippen MR) is 136 cm³/mol. The highest BCUT2D eigenvalue weighted by atomic mass is 28.4. The number of rotatable bonds is 7. The maximum Gasteiger partial charge on any atom is 0.420 e. The SMILES string of the molecule is CC(C)(C)[Si](C)(C)Oc1ccc2c(c1)OC(=O)N(c1ccc(OCCN3CCOCC3)cc1)C2. The molecule has 1 amide bonds. The average molecular weight is 485 g/mol. The number of carbonyl (C=O) groups is 1. The molecule has 2 aromatic carbocycles. The summed E-state index contributed by atoms with van der Waals surface area (Å²) in [6, 6.07) is 13.4. The fraction of sp³-hybridized carbons (Fsp3) is 0.500. The van der Waals surface area contributed by atoms with E-state index in [1.165, 1.54) is 0 Å². The smallest absolute Gasteiger partial charge is 0.420 e. The summed E-state index contributed by atoms with van der Waals surface area (Å²) in [4.78, 5) is 16.7. The number of nitrogens with zero attached hydrogens (tertiary/aromatic N) is 2. The lowest BCUT2D eigenvalue weighted by atomic mass is 10.1. The summed E-state index contributed by atoms with van der Waals surface area (Å²) >= 11 is 0. The van der Waals surface area contributed by atoms with Crippen molar-refractivity contribution in [3.05, 3.63) is 48.0 Å². The van der Waals surface area contributed by atoms with Gasteiger partial charge in [-0.25, -0.2) is 4.79 Å². The van der Waals surface area contributed by atoms with Crippen molar-refractivity contribution in [1.29, 1.82) is 0 Å². The van der Waals surface area contributed by atoms with Crippen LogP contribution in [0, 0.1) is 0 Å². The molecule has 0 radical (unpaired) electrons. The molecule has 184 valence electrons. The molecular formula is C26H36N2O5Si. The fourth-order valence-corrected chi connectivity index (χ4v) is 4.71. The molecule has 4 rings (SSSR count). The number of ether oxygens (including phenoxy) is 3. The summed E-state index contributed by atoms with van der Waals surface area (Å²) in [7, 11) is -1.97. The highest BCUT2D eigenvalue weighted by molar-refractivity contribution is 6.74. The third-order valence-electron chi connectivity index (χ3n) is 6.89. The quantitative estimate of drug-likeness (QED) is 0.497. The molecule has 0 bridgehead atoms. The van der Waals surface area contributed by atoms with E-state index in [9.17, 15) is 4.79 Å². The number of anilines is 1. The van der Waals surface area contributed by atoms with Gasteiger partial charge in [0.1, 0.15) is 23.9 Å². The van der Waals surface area contributed by atoms with E-state index in [1.807, 2.05) is 42.5 Å². The van der Waals surface area contributed by atoms with Crippen molar-refractivity contribution < 1.29 is 23.4 Å². The lowest BCUT2D eigenvalue weighted by Crippen LogP contribution is -2.44. The lowest BCUT2D eigenvalue weighted by Gasteiger charge is -2.36. The van der Waals surface area contributed by atoms with Crippen molar-refractivity contribution in [3.8, 4) is 17.2 Å². The molecule has 0 spiro atoms. The molecule has 2 heterocycles. The van der Waals surface area contributed by atoms with E-state index in [0.29, 0.717) is 18.9 Å². The Morgan fingerprint density at radius 3 is 2.35 bits per heavy atom. The summed E-state index contributed by atoms with van der Waals surface area (Å²) in [6.45, 7) is 16.4. The van der Waals surface area contributed by atoms with Crippen LogP contribution in [0.15, 0.2) is 42.5 Å². The van der Waals surface area contributed by atoms with E-state index >= 15 is 0 Å². The van der Waals surface area contributed by atoms with Gasteiger partial charge in [0.05, 0.1) is 19.8 Å². The number of hydrogen-bond acceptors (Lipinski definition) is 6. The van der Waals surface area contributed by atoms with Crippen LogP contribution in [0.25, 0.3) is 0 Å². The molecule has 0 unspecified atom stereocenters. The van der Waals surface area contributed by atoms with E-state index in [2.05, 4.69) is 38.8 Å². The van der Waals surface area contributed by atoms with E-state index in [-0.39, 0.29) is 5.04 Å². The van der Waals surface area contributed by atoms with Gasteiger partial charge in [-0.15, -0.1) is 0 Å². The Bertz CT molecular complexity index is 997. The second kappa shape index (κ2) is 9.97. The highest BCUT2D eigenvalue weighted by Gasteiger charge is 2.39. The van der Waals surface area contributed by atoms with Crippen LogP contribution < -0.4 is 18.8 Å². The van der Waals surface area contributed by atoms with Crippen LogP contribution in [0.2, 0.25) is 18.1 Å². The minimum Gasteiger partial charge on any atom is -0.543 e. The molecule has 2 aliphatic heterocycles. The van der Waals surface area contributed by atoms with E-state index in [1.54, 1.807) is 4.90 Å². The van der Waals surface area contributed by atoms with Crippen LogP contribution in [-0.2, 0) is 11.3 Å². The number of carbonyl (C=O) groups excluding carboxylic acids is 1. The summed E-state index contributed by atoms with van der Waals surface area (Å²) in [5.41, 5.74) is 1.73. The van der Waals surface area contributed by atoms with E-state index in [0.717, 1.165) is 55.6 Å². The van der Waals surface area contributed by atoms with Crippen molar-refractivity contribution in [2.75, 3.05) is 44.4 Å². The zero-order valence-electron chi connectivity index (χ0n) is 20.9. The number of fused-ring (bicyclic) bond motifs is 1. The molecule has 2 aliphatic rings. The monoisotopic (exact) mass is 484 g/mol. The Labute approximate surface area is 203 Å². The fourth-order valence-electron chi connectivity index (χ4n) is 3.69. The van der Waals surface area contributed by atoms with Gasteiger partial charge in [0, 0.05) is 37.0 Å². The maximum absolute atomic E-state index is 12.8. The molecule has 7 nitrogen and oxygen atoms in total. The third kappa shape index (κ3) is 5.74. The van der Waals surface area contributed by atoms with Gasteiger partial charge in [-0.3, -0.25) is 9.80 Å². The zero-order valence-corrected chi connectivity index (χ0v) is 21.9. The van der Waals surface area contributed by atoms with Crippen molar-refractivity contribution >= 4 is 20.1 Å². The molecule has 8 heteroatoms. The number of hydrogen-bond donors (Lipinski definition) is 0. The average Bonchev–Trinajstić information content (AvgIpc) is 2.79. The molecule has 0 saturated carbocycles. The van der Waals surface area contributed by atoms with Gasteiger partial charge >= 0.3 is 6.09 Å². The highest BCUT2D eigenvalue weighted by Crippen LogP contribution is 2.39. The Hall–Kier alpha value is -2.55. The molecule has 34 heavy (non-hydrogen) atoms. The van der Waals surface area contributed by atoms with Gasteiger partial charge in [0.25, 0.3) is 0 Å². The Morgan fingerprint density at radius 2 is 1.68 bits per heavy atom. The van der Waals surface area contributed by atoms with Crippen LogP contribution >= 0.6 is 0 Å². The van der Waals surface area contributed by atoms with Gasteiger partial charge < -0.3 is 18.6 Å². The lowest BCUT2D eigenvalue weighted by molar-refractivity contribution is 0.0322.